The highest BCUT2D eigenvalue weighted by Gasteiger charge is 2.11. The van der Waals surface area contributed by atoms with Crippen molar-refractivity contribution in [3.05, 3.63) is 59.0 Å². The molecule has 0 spiro atoms. The number of hydrogen-bond acceptors (Lipinski definition) is 5. The number of aromatic nitrogens is 4. The molecule has 1 aromatic carbocycles. The highest BCUT2D eigenvalue weighted by atomic mass is 35.5. The molecule has 0 fully saturated rings. The molecule has 0 bridgehead atoms. The number of nitrogens with one attached hydrogen (secondary N) is 3. The van der Waals surface area contributed by atoms with E-state index in [4.69, 9.17) is 11.6 Å². The summed E-state index contributed by atoms with van der Waals surface area (Å²) in [7, 11) is 0. The Hall–Kier alpha value is -2.74. The van der Waals surface area contributed by atoms with Crippen molar-refractivity contribution in [1.82, 2.24) is 20.2 Å². The zero-order valence-corrected chi connectivity index (χ0v) is 12.4. The summed E-state index contributed by atoms with van der Waals surface area (Å²) >= 11 is 6.00. The average Bonchev–Trinajstić information content (AvgIpc) is 3.02. The highest BCUT2D eigenvalue weighted by molar-refractivity contribution is 6.32. The van der Waals surface area contributed by atoms with Crippen molar-refractivity contribution in [2.45, 2.75) is 6.54 Å². The molecule has 0 aliphatic heterocycles. The molecule has 0 radical (unpaired) electrons. The van der Waals surface area contributed by atoms with E-state index in [-0.39, 0.29) is 28.9 Å². The smallest absolute Gasteiger partial charge is 0.229 e. The van der Waals surface area contributed by atoms with Gasteiger partial charge in [-0.2, -0.15) is 10.1 Å². The largest absolute Gasteiger partial charge is 0.364 e. The number of anilines is 3. The minimum Gasteiger partial charge on any atom is -0.364 e. The molecule has 0 unspecified atom stereocenters. The first-order chi connectivity index (χ1) is 11.1. The maximum Gasteiger partial charge on any atom is 0.229 e. The fourth-order valence-corrected chi connectivity index (χ4v) is 2.03. The molecule has 2 heterocycles. The van der Waals surface area contributed by atoms with Crippen LogP contribution in [-0.4, -0.2) is 20.2 Å². The molecule has 3 N–H and O–H groups in total. The zero-order valence-electron chi connectivity index (χ0n) is 11.6. The third kappa shape index (κ3) is 3.54. The fourth-order valence-electron chi connectivity index (χ4n) is 1.87. The van der Waals surface area contributed by atoms with Crippen LogP contribution >= 0.6 is 11.6 Å². The number of halogens is 3. The quantitative estimate of drug-likeness (QED) is 0.664. The molecule has 0 amide bonds. The van der Waals surface area contributed by atoms with Crippen molar-refractivity contribution in [2.75, 3.05) is 10.6 Å². The number of aromatic amines is 1. The van der Waals surface area contributed by atoms with Gasteiger partial charge in [0.2, 0.25) is 5.95 Å². The number of H-pyrrole nitrogens is 1. The van der Waals surface area contributed by atoms with Crippen LogP contribution in [0.5, 0.6) is 0 Å². The van der Waals surface area contributed by atoms with E-state index in [1.54, 1.807) is 12.4 Å². The van der Waals surface area contributed by atoms with Crippen LogP contribution in [0.2, 0.25) is 5.02 Å². The minimum absolute atomic E-state index is 0.0912. The van der Waals surface area contributed by atoms with Crippen molar-refractivity contribution in [3.8, 4) is 0 Å². The summed E-state index contributed by atoms with van der Waals surface area (Å²) in [6.07, 6.45) is 4.57. The number of benzene rings is 1. The highest BCUT2D eigenvalue weighted by Crippen LogP contribution is 2.22. The van der Waals surface area contributed by atoms with E-state index in [9.17, 15) is 8.78 Å². The topological polar surface area (TPSA) is 78.5 Å². The first kappa shape index (κ1) is 15.2. The molecule has 9 heteroatoms. The molecule has 118 valence electrons. The summed E-state index contributed by atoms with van der Waals surface area (Å²) in [4.78, 5) is 8.19. The van der Waals surface area contributed by atoms with Crippen molar-refractivity contribution in [1.29, 1.82) is 0 Å². The molecular weight excluding hydrogens is 326 g/mol. The van der Waals surface area contributed by atoms with Crippen LogP contribution in [0.15, 0.2) is 36.8 Å². The summed E-state index contributed by atoms with van der Waals surface area (Å²) in [6.45, 7) is -0.0968. The van der Waals surface area contributed by atoms with Crippen LogP contribution in [0.3, 0.4) is 0 Å². The molecule has 2 aromatic heterocycles. The Morgan fingerprint density at radius 2 is 1.96 bits per heavy atom. The lowest BCUT2D eigenvalue weighted by molar-refractivity contribution is 0.560. The number of hydrogen-bond donors (Lipinski definition) is 3. The van der Waals surface area contributed by atoms with Gasteiger partial charge in [0.05, 0.1) is 18.1 Å². The van der Waals surface area contributed by atoms with Gasteiger partial charge in [0, 0.05) is 18.3 Å². The van der Waals surface area contributed by atoms with Gasteiger partial charge in [-0.1, -0.05) is 17.7 Å². The minimum atomic E-state index is -0.639. The fraction of sp³-hybridized carbons (Fsp3) is 0.0714. The van der Waals surface area contributed by atoms with Gasteiger partial charge in [-0.15, -0.1) is 0 Å². The molecule has 3 aromatic rings. The Balaban J connectivity index is 1.77. The van der Waals surface area contributed by atoms with Gasteiger partial charge in [-0.3, -0.25) is 5.10 Å². The van der Waals surface area contributed by atoms with Crippen LogP contribution in [-0.2, 0) is 6.54 Å². The Kier molecular flexibility index (Phi) is 4.33. The van der Waals surface area contributed by atoms with Crippen molar-refractivity contribution >= 4 is 29.1 Å². The van der Waals surface area contributed by atoms with Gasteiger partial charge in [-0.05, 0) is 12.1 Å². The summed E-state index contributed by atoms with van der Waals surface area (Å²) < 4.78 is 27.2. The van der Waals surface area contributed by atoms with Crippen molar-refractivity contribution in [2.24, 2.45) is 0 Å². The van der Waals surface area contributed by atoms with Gasteiger partial charge in [0.1, 0.15) is 16.7 Å². The maximum atomic E-state index is 13.6. The molecule has 6 nitrogen and oxygen atoms in total. The van der Waals surface area contributed by atoms with Crippen LogP contribution in [0.1, 0.15) is 5.56 Å². The Morgan fingerprint density at radius 1 is 1.17 bits per heavy atom. The number of rotatable bonds is 5. The van der Waals surface area contributed by atoms with Gasteiger partial charge in [0.25, 0.3) is 0 Å². The number of nitrogens with zero attached hydrogens (tertiary/aromatic N) is 3. The SMILES string of the molecule is Fc1cccc(F)c1CNc1nc(Nc2cn[nH]c2)ncc1Cl. The Morgan fingerprint density at radius 3 is 2.65 bits per heavy atom. The van der Waals surface area contributed by atoms with Gasteiger partial charge in [-0.25, -0.2) is 13.8 Å². The maximum absolute atomic E-state index is 13.6. The zero-order chi connectivity index (χ0) is 16.2. The normalized spacial score (nSPS) is 10.6. The van der Waals surface area contributed by atoms with Crippen LogP contribution in [0, 0.1) is 11.6 Å². The summed E-state index contributed by atoms with van der Waals surface area (Å²) in [5.74, 6) is -0.749. The molecule has 0 saturated heterocycles. The van der Waals surface area contributed by atoms with Gasteiger partial charge >= 0.3 is 0 Å². The second-order valence-electron chi connectivity index (χ2n) is 4.56. The second-order valence-corrected chi connectivity index (χ2v) is 4.96. The predicted octanol–water partition coefficient (Wildman–Crippen LogP) is 3.49. The van der Waals surface area contributed by atoms with E-state index >= 15 is 0 Å². The molecule has 0 aliphatic carbocycles. The van der Waals surface area contributed by atoms with Crippen LogP contribution < -0.4 is 10.6 Å². The van der Waals surface area contributed by atoms with Crippen molar-refractivity contribution in [3.63, 3.8) is 0 Å². The molecule has 0 aliphatic rings. The van der Waals surface area contributed by atoms with Gasteiger partial charge in [0.15, 0.2) is 5.82 Å². The summed E-state index contributed by atoms with van der Waals surface area (Å²) in [5.41, 5.74) is 0.574. The lowest BCUT2D eigenvalue weighted by atomic mass is 10.2. The summed E-state index contributed by atoms with van der Waals surface area (Å²) in [6, 6.07) is 3.68. The van der Waals surface area contributed by atoms with E-state index in [1.807, 2.05) is 0 Å². The second kappa shape index (κ2) is 6.57. The lowest BCUT2D eigenvalue weighted by Crippen LogP contribution is -2.08. The van der Waals surface area contributed by atoms with Gasteiger partial charge < -0.3 is 10.6 Å². The molecule has 0 saturated carbocycles. The van der Waals surface area contributed by atoms with E-state index in [1.165, 1.54) is 24.4 Å². The first-order valence-corrected chi connectivity index (χ1v) is 6.96. The predicted molar refractivity (Wildman–Crippen MR) is 82.6 cm³/mol. The lowest BCUT2D eigenvalue weighted by Gasteiger charge is -2.10. The van der Waals surface area contributed by atoms with Crippen LogP contribution in [0.4, 0.5) is 26.2 Å². The average molecular weight is 337 g/mol. The Labute approximate surface area is 134 Å². The van der Waals surface area contributed by atoms with E-state index in [0.717, 1.165) is 0 Å². The molecule has 0 atom stereocenters. The van der Waals surface area contributed by atoms with E-state index < -0.39 is 11.6 Å². The summed E-state index contributed by atoms with van der Waals surface area (Å²) in [5, 5.41) is 12.4. The van der Waals surface area contributed by atoms with E-state index in [2.05, 4.69) is 30.8 Å². The van der Waals surface area contributed by atoms with Crippen molar-refractivity contribution < 1.29 is 8.78 Å². The van der Waals surface area contributed by atoms with Crippen LogP contribution in [0.25, 0.3) is 0 Å². The molecule has 23 heavy (non-hydrogen) atoms. The standard InChI is InChI=1S/C14H11ClF2N6/c15-10-7-19-14(22-8-4-20-21-5-8)23-13(10)18-6-9-11(16)2-1-3-12(9)17/h1-5,7H,6H2,(H,20,21)(H2,18,19,22,23). The molecule has 3 rings (SSSR count). The third-order valence-corrected chi connectivity index (χ3v) is 3.27. The first-order valence-electron chi connectivity index (χ1n) is 6.58. The Bertz CT molecular complexity index is 789. The monoisotopic (exact) mass is 336 g/mol. The molecular formula is C14H11ClF2N6. The third-order valence-electron chi connectivity index (χ3n) is 2.99. The van der Waals surface area contributed by atoms with E-state index in [0.29, 0.717) is 5.69 Å².